The van der Waals surface area contributed by atoms with Crippen LogP contribution in [0, 0.1) is 11.8 Å². The van der Waals surface area contributed by atoms with E-state index in [-0.39, 0.29) is 0 Å². The van der Waals surface area contributed by atoms with Gasteiger partial charge >= 0.3 is 0 Å². The molecule has 0 saturated carbocycles. The molecule has 0 amide bonds. The third-order valence-corrected chi connectivity index (χ3v) is 3.73. The predicted octanol–water partition coefficient (Wildman–Crippen LogP) is 3.26. The average molecular weight is 234 g/mol. The van der Waals surface area contributed by atoms with E-state index < -0.39 is 0 Å². The normalized spacial score (nSPS) is 33.6. The van der Waals surface area contributed by atoms with E-state index in [0.717, 1.165) is 6.61 Å². The summed E-state index contributed by atoms with van der Waals surface area (Å²) in [4.78, 5) is 0. The molecule has 4 atom stereocenters. The zero-order valence-corrected chi connectivity index (χ0v) is 10.9. The number of ether oxygens (including phenoxy) is 2. The first kappa shape index (κ1) is 12.6. The van der Waals surface area contributed by atoms with E-state index in [1.54, 1.807) is 0 Å². The molecule has 1 heterocycles. The first-order valence-corrected chi connectivity index (χ1v) is 6.45. The van der Waals surface area contributed by atoms with Gasteiger partial charge in [0.25, 0.3) is 0 Å². The summed E-state index contributed by atoms with van der Waals surface area (Å²) in [7, 11) is 0. The fourth-order valence-corrected chi connectivity index (χ4v) is 2.42. The van der Waals surface area contributed by atoms with Crippen molar-refractivity contribution >= 4 is 0 Å². The van der Waals surface area contributed by atoms with Gasteiger partial charge in [-0.3, -0.25) is 0 Å². The van der Waals surface area contributed by atoms with Crippen molar-refractivity contribution in [2.75, 3.05) is 6.61 Å². The molecule has 0 aliphatic carbocycles. The number of hydrogen-bond donors (Lipinski definition) is 0. The van der Waals surface area contributed by atoms with Crippen molar-refractivity contribution < 1.29 is 9.47 Å². The number of benzene rings is 1. The summed E-state index contributed by atoms with van der Waals surface area (Å²) in [5, 5.41) is 0. The molecule has 0 bridgehead atoms. The largest absolute Gasteiger partial charge is 0.378 e. The lowest BCUT2D eigenvalue weighted by atomic mass is 9.87. The van der Waals surface area contributed by atoms with Gasteiger partial charge in [0, 0.05) is 11.8 Å². The summed E-state index contributed by atoms with van der Waals surface area (Å²) < 4.78 is 11.8. The lowest BCUT2D eigenvalue weighted by Gasteiger charge is -2.38. The zero-order valence-electron chi connectivity index (χ0n) is 10.9. The second kappa shape index (κ2) is 5.65. The Morgan fingerprint density at radius 3 is 2.59 bits per heavy atom. The van der Waals surface area contributed by atoms with Crippen LogP contribution >= 0.6 is 0 Å². The Morgan fingerprint density at radius 1 is 1.18 bits per heavy atom. The van der Waals surface area contributed by atoms with Crippen molar-refractivity contribution in [3.8, 4) is 0 Å². The molecule has 1 aliphatic rings. The Morgan fingerprint density at radius 2 is 1.88 bits per heavy atom. The van der Waals surface area contributed by atoms with E-state index in [4.69, 9.17) is 9.47 Å². The number of rotatable bonds is 3. The van der Waals surface area contributed by atoms with Crippen molar-refractivity contribution in [3.63, 3.8) is 0 Å². The lowest BCUT2D eigenvalue weighted by Crippen LogP contribution is -2.43. The molecular weight excluding hydrogens is 212 g/mol. The Bertz CT molecular complexity index is 336. The van der Waals surface area contributed by atoms with Gasteiger partial charge in [0.05, 0.1) is 25.4 Å². The third kappa shape index (κ3) is 3.08. The summed E-state index contributed by atoms with van der Waals surface area (Å²) in [6.07, 6.45) is 0.603. The van der Waals surface area contributed by atoms with E-state index in [1.165, 1.54) is 5.56 Å². The van der Waals surface area contributed by atoms with Crippen LogP contribution in [-0.4, -0.2) is 18.8 Å². The zero-order chi connectivity index (χ0) is 12.3. The van der Waals surface area contributed by atoms with Crippen LogP contribution in [0.1, 0.15) is 26.3 Å². The van der Waals surface area contributed by atoms with Gasteiger partial charge in [-0.1, -0.05) is 44.2 Å². The third-order valence-electron chi connectivity index (χ3n) is 3.73. The van der Waals surface area contributed by atoms with Crippen LogP contribution in [0.25, 0.3) is 0 Å². The van der Waals surface area contributed by atoms with Crippen molar-refractivity contribution in [2.24, 2.45) is 11.8 Å². The second-order valence-corrected chi connectivity index (χ2v) is 5.14. The van der Waals surface area contributed by atoms with E-state index in [2.05, 4.69) is 45.0 Å². The molecule has 0 N–H and O–H groups in total. The molecule has 1 fully saturated rings. The van der Waals surface area contributed by atoms with Crippen molar-refractivity contribution in [3.05, 3.63) is 35.9 Å². The maximum atomic E-state index is 6.08. The topological polar surface area (TPSA) is 18.5 Å². The maximum Gasteiger partial charge on any atom is 0.0720 e. The smallest absolute Gasteiger partial charge is 0.0720 e. The van der Waals surface area contributed by atoms with Crippen LogP contribution in [-0.2, 0) is 16.1 Å². The highest BCUT2D eigenvalue weighted by molar-refractivity contribution is 5.13. The minimum atomic E-state index is 0.298. The minimum absolute atomic E-state index is 0.298. The maximum absolute atomic E-state index is 6.08. The predicted molar refractivity (Wildman–Crippen MR) is 68.8 cm³/mol. The fraction of sp³-hybridized carbons (Fsp3) is 0.600. The highest BCUT2D eigenvalue weighted by Gasteiger charge is 2.33. The quantitative estimate of drug-likeness (QED) is 0.799. The van der Waals surface area contributed by atoms with Crippen LogP contribution in [0.3, 0.4) is 0 Å². The van der Waals surface area contributed by atoms with Gasteiger partial charge in [-0.25, -0.2) is 0 Å². The molecule has 2 nitrogen and oxygen atoms in total. The van der Waals surface area contributed by atoms with Crippen molar-refractivity contribution in [1.82, 2.24) is 0 Å². The van der Waals surface area contributed by atoms with Gasteiger partial charge in [-0.15, -0.1) is 0 Å². The van der Waals surface area contributed by atoms with Gasteiger partial charge in [0.2, 0.25) is 0 Å². The molecule has 0 radical (unpaired) electrons. The summed E-state index contributed by atoms with van der Waals surface area (Å²) in [6.45, 7) is 8.07. The molecule has 2 rings (SSSR count). The van der Waals surface area contributed by atoms with Gasteiger partial charge in [-0.2, -0.15) is 0 Å². The Labute approximate surface area is 104 Å². The molecule has 17 heavy (non-hydrogen) atoms. The summed E-state index contributed by atoms with van der Waals surface area (Å²) in [5.74, 6) is 0.937. The van der Waals surface area contributed by atoms with Gasteiger partial charge in [-0.05, 0) is 12.5 Å². The molecule has 0 spiro atoms. The van der Waals surface area contributed by atoms with E-state index in [9.17, 15) is 0 Å². The van der Waals surface area contributed by atoms with Crippen LogP contribution in [0.15, 0.2) is 30.3 Å². The first-order chi connectivity index (χ1) is 8.18. The molecule has 1 aliphatic heterocycles. The van der Waals surface area contributed by atoms with Gasteiger partial charge < -0.3 is 9.47 Å². The van der Waals surface area contributed by atoms with Crippen LogP contribution in [0.2, 0.25) is 0 Å². The highest BCUT2D eigenvalue weighted by atomic mass is 16.5. The Hall–Kier alpha value is -0.860. The molecule has 1 saturated heterocycles. The van der Waals surface area contributed by atoms with E-state index in [1.807, 2.05) is 6.07 Å². The molecule has 1 unspecified atom stereocenters. The summed E-state index contributed by atoms with van der Waals surface area (Å²) >= 11 is 0. The standard InChI is InChI=1S/C15H22O2/c1-11-9-16-13(3)12(2)15(11)17-10-14-7-5-4-6-8-14/h4-8,11-13,15H,9-10H2,1-3H3/t11-,12+,13?,15-/m1/s1. The molecule has 2 heteroatoms. The monoisotopic (exact) mass is 234 g/mol. The van der Waals surface area contributed by atoms with E-state index >= 15 is 0 Å². The average Bonchev–Trinajstić information content (AvgIpc) is 2.35. The van der Waals surface area contributed by atoms with Gasteiger partial charge in [0.1, 0.15) is 0 Å². The lowest BCUT2D eigenvalue weighted by molar-refractivity contribution is -0.140. The second-order valence-electron chi connectivity index (χ2n) is 5.14. The molecule has 0 aromatic heterocycles. The van der Waals surface area contributed by atoms with Crippen LogP contribution in [0.5, 0.6) is 0 Å². The number of hydrogen-bond acceptors (Lipinski definition) is 2. The van der Waals surface area contributed by atoms with Crippen LogP contribution < -0.4 is 0 Å². The fourth-order valence-electron chi connectivity index (χ4n) is 2.42. The van der Waals surface area contributed by atoms with Crippen LogP contribution in [0.4, 0.5) is 0 Å². The van der Waals surface area contributed by atoms with E-state index in [0.29, 0.717) is 30.7 Å². The first-order valence-electron chi connectivity index (χ1n) is 6.45. The molecule has 94 valence electrons. The van der Waals surface area contributed by atoms with Crippen molar-refractivity contribution in [1.29, 1.82) is 0 Å². The molecule has 1 aromatic rings. The highest BCUT2D eigenvalue weighted by Crippen LogP contribution is 2.28. The molecule has 1 aromatic carbocycles. The molecular formula is C15H22O2. The minimum Gasteiger partial charge on any atom is -0.378 e. The van der Waals surface area contributed by atoms with Crippen molar-refractivity contribution in [2.45, 2.75) is 39.6 Å². The Balaban J connectivity index is 1.93. The SMILES string of the molecule is CC1OC[C@@H](C)[C@@H](OCc2ccccc2)[C@H]1C. The summed E-state index contributed by atoms with van der Waals surface area (Å²) in [6, 6.07) is 10.4. The summed E-state index contributed by atoms with van der Waals surface area (Å²) in [5.41, 5.74) is 1.24. The van der Waals surface area contributed by atoms with Gasteiger partial charge in [0.15, 0.2) is 0 Å². The Kier molecular flexibility index (Phi) is 4.19.